The lowest BCUT2D eigenvalue weighted by Gasteiger charge is -2.11. The van der Waals surface area contributed by atoms with E-state index < -0.39 is 0 Å². The highest BCUT2D eigenvalue weighted by molar-refractivity contribution is 6.94. The van der Waals surface area contributed by atoms with Crippen LogP contribution in [0, 0.1) is 0 Å². The average Bonchev–Trinajstić information content (AvgIpc) is 2.29. The molecule has 0 bridgehead atoms. The first-order valence-electron chi connectivity index (χ1n) is 5.73. The van der Waals surface area contributed by atoms with E-state index in [9.17, 15) is 0 Å². The maximum atomic E-state index is 2.38. The second-order valence-electron chi connectivity index (χ2n) is 5.26. The topological polar surface area (TPSA) is 0 Å². The summed E-state index contributed by atoms with van der Waals surface area (Å²) >= 11 is 0. The van der Waals surface area contributed by atoms with Crippen molar-refractivity contribution in [2.45, 2.75) is 54.0 Å². The maximum Gasteiger partial charge on any atom is 0.167 e. The van der Waals surface area contributed by atoms with Gasteiger partial charge in [0.1, 0.15) is 0 Å². The van der Waals surface area contributed by atoms with Crippen molar-refractivity contribution in [3.8, 4) is 0 Å². The fourth-order valence-electron chi connectivity index (χ4n) is 2.90. The van der Waals surface area contributed by atoms with Gasteiger partial charge in [0.2, 0.25) is 0 Å². The van der Waals surface area contributed by atoms with Crippen molar-refractivity contribution in [3.05, 3.63) is 22.1 Å². The van der Waals surface area contributed by atoms with Crippen LogP contribution in [0.25, 0.3) is 0 Å². The van der Waals surface area contributed by atoms with E-state index >= 15 is 0 Å². The van der Waals surface area contributed by atoms with Crippen molar-refractivity contribution in [1.82, 2.24) is 0 Å². The number of allylic oxidation sites excluding steroid dienone is 4. The Morgan fingerprint density at radius 2 is 1.14 bits per heavy atom. The third-order valence-corrected chi connectivity index (χ3v) is 3.86. The Kier molecular flexibility index (Phi) is 3.34. The van der Waals surface area contributed by atoms with Gasteiger partial charge in [-0.3, -0.25) is 0 Å². The van der Waals surface area contributed by atoms with Gasteiger partial charge in [0.05, 0.1) is 0 Å². The highest BCUT2D eigenvalue weighted by atomic mass is 14.1. The fourth-order valence-corrected chi connectivity index (χ4v) is 2.90. The van der Waals surface area contributed by atoms with Crippen molar-refractivity contribution in [2.24, 2.45) is 0 Å². The van der Waals surface area contributed by atoms with Crippen LogP contribution in [0.3, 0.4) is 0 Å². The molecule has 0 radical (unpaired) electrons. The smallest absolute Gasteiger partial charge is 0.0876 e. The lowest BCUT2D eigenvalue weighted by molar-refractivity contribution is 1.28. The number of rotatable bonds is 0. The second-order valence-corrected chi connectivity index (χ2v) is 5.26. The monoisotopic (exact) mass is 188 g/mol. The summed E-state index contributed by atoms with van der Waals surface area (Å²) in [6, 6.07) is 0. The molecule has 0 atom stereocenters. The Balaban J connectivity index is 3.31. The molecule has 1 heterocycles. The molecule has 0 amide bonds. The number of hydrogen-bond donors (Lipinski definition) is 0. The van der Waals surface area contributed by atoms with Crippen LogP contribution in [0.4, 0.5) is 0 Å². The molecule has 0 N–H and O–H groups in total. The Morgan fingerprint density at radius 3 is 1.36 bits per heavy atom. The predicted octanol–water partition coefficient (Wildman–Crippen LogP) is 3.93. The van der Waals surface area contributed by atoms with Crippen LogP contribution in [0.5, 0.6) is 0 Å². The van der Waals surface area contributed by atoms with E-state index in [-0.39, 0.29) is 0 Å². The molecule has 0 spiro atoms. The van der Waals surface area contributed by atoms with Crippen LogP contribution in [-0.2, 0) is 0 Å². The summed E-state index contributed by atoms with van der Waals surface area (Å²) in [5.74, 6) is 0. The van der Waals surface area contributed by atoms with Gasteiger partial charge >= 0.3 is 0 Å². The molecule has 1 aliphatic rings. The third-order valence-electron chi connectivity index (χ3n) is 3.86. The largest absolute Gasteiger partial charge is 0.167 e. The lowest BCUT2D eigenvalue weighted by Crippen LogP contribution is -2.16. The average molecular weight is 188 g/mol. The Labute approximate surface area is 90.0 Å². The molecule has 14 heavy (non-hydrogen) atoms. The molecule has 1 aliphatic heterocycles. The SMILES string of the molecule is CB1C(=C(C)C)C(=C(C)C)B(C)C1C. The minimum absolute atomic E-state index is 0.736. The van der Waals surface area contributed by atoms with E-state index in [0.717, 1.165) is 19.1 Å². The zero-order valence-electron chi connectivity index (χ0n) is 10.7. The molecular weight excluding hydrogens is 166 g/mol. The molecule has 1 fully saturated rings. The molecule has 0 nitrogen and oxygen atoms in total. The van der Waals surface area contributed by atoms with E-state index in [1.54, 1.807) is 10.9 Å². The van der Waals surface area contributed by atoms with Crippen molar-refractivity contribution in [1.29, 1.82) is 0 Å². The van der Waals surface area contributed by atoms with E-state index in [2.05, 4.69) is 48.3 Å². The van der Waals surface area contributed by atoms with Crippen molar-refractivity contribution >= 4 is 13.4 Å². The van der Waals surface area contributed by atoms with Crippen LogP contribution in [-0.4, -0.2) is 13.4 Å². The maximum absolute atomic E-state index is 2.38. The summed E-state index contributed by atoms with van der Waals surface area (Å²) in [6.45, 7) is 17.6. The molecule has 0 aromatic carbocycles. The summed E-state index contributed by atoms with van der Waals surface area (Å²) < 4.78 is 0. The fraction of sp³-hybridized carbons (Fsp3) is 0.667. The van der Waals surface area contributed by atoms with Gasteiger partial charge in [0.25, 0.3) is 0 Å². The normalized spacial score (nSPS) is 18.2. The molecule has 0 saturated carbocycles. The molecular formula is C12H22B2. The van der Waals surface area contributed by atoms with Crippen LogP contribution in [0.1, 0.15) is 34.6 Å². The highest BCUT2D eigenvalue weighted by Gasteiger charge is 2.40. The highest BCUT2D eigenvalue weighted by Crippen LogP contribution is 2.40. The standard InChI is InChI=1S/C12H22B2/c1-8(2)11-12(9(3)4)14(7)10(5)13(11)6/h10H,1-7H3. The first-order chi connectivity index (χ1) is 6.37. The van der Waals surface area contributed by atoms with Crippen molar-refractivity contribution in [2.75, 3.05) is 0 Å². The first kappa shape index (κ1) is 11.7. The van der Waals surface area contributed by atoms with E-state index in [1.807, 2.05) is 0 Å². The first-order valence-corrected chi connectivity index (χ1v) is 5.73. The molecule has 76 valence electrons. The molecule has 0 aromatic rings. The molecule has 1 saturated heterocycles. The van der Waals surface area contributed by atoms with Crippen molar-refractivity contribution in [3.63, 3.8) is 0 Å². The summed E-state index contributed by atoms with van der Waals surface area (Å²) in [4.78, 5) is 0. The van der Waals surface area contributed by atoms with E-state index in [0.29, 0.717) is 0 Å². The zero-order chi connectivity index (χ0) is 11.0. The Bertz CT molecular complexity index is 261. The Hall–Kier alpha value is -0.390. The van der Waals surface area contributed by atoms with Crippen LogP contribution >= 0.6 is 0 Å². The Morgan fingerprint density at radius 1 is 0.857 bits per heavy atom. The summed E-state index contributed by atoms with van der Waals surface area (Å²) in [7, 11) is 0. The van der Waals surface area contributed by atoms with Gasteiger partial charge in [0.15, 0.2) is 13.4 Å². The van der Waals surface area contributed by atoms with Gasteiger partial charge in [0, 0.05) is 0 Å². The van der Waals surface area contributed by atoms with Crippen molar-refractivity contribution < 1.29 is 0 Å². The van der Waals surface area contributed by atoms with Gasteiger partial charge in [-0.1, -0.05) is 48.4 Å². The van der Waals surface area contributed by atoms with E-state index in [1.165, 1.54) is 11.1 Å². The zero-order valence-corrected chi connectivity index (χ0v) is 10.7. The summed E-state index contributed by atoms with van der Waals surface area (Å²) in [5.41, 5.74) is 7.06. The molecule has 0 unspecified atom stereocenters. The summed E-state index contributed by atoms with van der Waals surface area (Å²) in [6.07, 6.45) is 0. The van der Waals surface area contributed by atoms with Crippen LogP contribution in [0.15, 0.2) is 22.1 Å². The third kappa shape index (κ3) is 1.71. The van der Waals surface area contributed by atoms with Gasteiger partial charge < -0.3 is 0 Å². The van der Waals surface area contributed by atoms with Gasteiger partial charge in [-0.05, 0) is 27.7 Å². The van der Waals surface area contributed by atoms with Crippen LogP contribution < -0.4 is 0 Å². The minimum atomic E-state index is 0.736. The van der Waals surface area contributed by atoms with E-state index in [4.69, 9.17) is 0 Å². The van der Waals surface area contributed by atoms with Crippen LogP contribution in [0.2, 0.25) is 19.4 Å². The van der Waals surface area contributed by atoms with Gasteiger partial charge in [-0.2, -0.15) is 0 Å². The molecule has 0 aliphatic carbocycles. The minimum Gasteiger partial charge on any atom is -0.0876 e. The molecule has 0 aromatic heterocycles. The molecule has 2 heteroatoms. The quantitative estimate of drug-likeness (QED) is 0.505. The molecule has 1 rings (SSSR count). The summed E-state index contributed by atoms with van der Waals surface area (Å²) in [5, 5.41) is 0. The lowest BCUT2D eigenvalue weighted by atomic mass is 9.30. The van der Waals surface area contributed by atoms with Gasteiger partial charge in [-0.15, -0.1) is 0 Å². The number of hydrogen-bond acceptors (Lipinski definition) is 0. The second kappa shape index (κ2) is 4.00. The predicted molar refractivity (Wildman–Crippen MR) is 69.4 cm³/mol. The van der Waals surface area contributed by atoms with Gasteiger partial charge in [-0.25, -0.2) is 0 Å².